The second-order valence-corrected chi connectivity index (χ2v) is 3.09. The van der Waals surface area contributed by atoms with Gasteiger partial charge in [0.15, 0.2) is 11.1 Å². The lowest BCUT2D eigenvalue weighted by atomic mass is 10.2. The van der Waals surface area contributed by atoms with Crippen LogP contribution in [0.5, 0.6) is 0 Å². The Bertz CT molecular complexity index is 146. The SMILES string of the molecule is CC(C)C(=O)NCS(=O)O. The quantitative estimate of drug-likeness (QED) is 0.576. The summed E-state index contributed by atoms with van der Waals surface area (Å²) in [4.78, 5) is 10.7. The maximum Gasteiger partial charge on any atom is 0.223 e. The first-order chi connectivity index (χ1) is 4.54. The van der Waals surface area contributed by atoms with Crippen molar-refractivity contribution >= 4 is 17.0 Å². The Hall–Kier alpha value is -0.420. The van der Waals surface area contributed by atoms with Gasteiger partial charge in [-0.3, -0.25) is 4.79 Å². The Morgan fingerprint density at radius 1 is 1.70 bits per heavy atom. The lowest BCUT2D eigenvalue weighted by molar-refractivity contribution is -0.123. The number of nitrogens with one attached hydrogen (secondary N) is 1. The summed E-state index contributed by atoms with van der Waals surface area (Å²) in [6, 6.07) is 0. The van der Waals surface area contributed by atoms with Gasteiger partial charge in [-0.1, -0.05) is 13.8 Å². The van der Waals surface area contributed by atoms with Crippen molar-refractivity contribution in [1.82, 2.24) is 5.32 Å². The van der Waals surface area contributed by atoms with Gasteiger partial charge in [-0.15, -0.1) is 0 Å². The van der Waals surface area contributed by atoms with E-state index in [-0.39, 0.29) is 17.7 Å². The fourth-order valence-corrected chi connectivity index (χ4v) is 0.603. The van der Waals surface area contributed by atoms with Crippen molar-refractivity contribution in [3.05, 3.63) is 0 Å². The molecular formula is C5H11NO3S. The fourth-order valence-electron chi connectivity index (χ4n) is 0.337. The average molecular weight is 165 g/mol. The molecule has 0 aromatic heterocycles. The van der Waals surface area contributed by atoms with Gasteiger partial charge < -0.3 is 9.87 Å². The van der Waals surface area contributed by atoms with Gasteiger partial charge in [0.05, 0.1) is 0 Å². The third-order valence-corrected chi connectivity index (χ3v) is 1.29. The molecule has 1 atom stereocenters. The molecule has 0 saturated carbocycles. The highest BCUT2D eigenvalue weighted by molar-refractivity contribution is 7.79. The topological polar surface area (TPSA) is 66.4 Å². The van der Waals surface area contributed by atoms with E-state index in [4.69, 9.17) is 4.55 Å². The molecule has 0 heterocycles. The van der Waals surface area contributed by atoms with E-state index in [0.29, 0.717) is 0 Å². The Balaban J connectivity index is 3.50. The van der Waals surface area contributed by atoms with Crippen LogP contribution in [-0.4, -0.2) is 20.5 Å². The van der Waals surface area contributed by atoms with Gasteiger partial charge >= 0.3 is 0 Å². The lowest BCUT2D eigenvalue weighted by Gasteiger charge is -2.03. The number of hydrogen-bond donors (Lipinski definition) is 2. The Kier molecular flexibility index (Phi) is 4.22. The number of rotatable bonds is 3. The number of amides is 1. The highest BCUT2D eigenvalue weighted by atomic mass is 32.2. The minimum absolute atomic E-state index is 0.136. The molecule has 0 aliphatic rings. The zero-order valence-corrected chi connectivity index (χ0v) is 6.77. The molecule has 0 aromatic rings. The van der Waals surface area contributed by atoms with Crippen LogP contribution in [0.1, 0.15) is 13.8 Å². The number of carbonyl (C=O) groups is 1. The largest absolute Gasteiger partial charge is 0.342 e. The summed E-state index contributed by atoms with van der Waals surface area (Å²) in [5.41, 5.74) is 0. The highest BCUT2D eigenvalue weighted by Crippen LogP contribution is 1.89. The Morgan fingerprint density at radius 2 is 2.20 bits per heavy atom. The first kappa shape index (κ1) is 9.58. The summed E-state index contributed by atoms with van der Waals surface area (Å²) in [6.07, 6.45) is 0. The van der Waals surface area contributed by atoms with Crippen LogP contribution in [0.15, 0.2) is 0 Å². The van der Waals surface area contributed by atoms with Crippen molar-refractivity contribution in [3.63, 3.8) is 0 Å². The van der Waals surface area contributed by atoms with E-state index in [0.717, 1.165) is 0 Å². The predicted octanol–water partition coefficient (Wildman–Crippen LogP) is -0.0622. The summed E-state index contributed by atoms with van der Waals surface area (Å²) in [6.45, 7) is 3.44. The Labute approximate surface area is 62.3 Å². The smallest absolute Gasteiger partial charge is 0.223 e. The molecule has 1 amide bonds. The average Bonchev–Trinajstić information content (AvgIpc) is 1.82. The number of hydrogen-bond acceptors (Lipinski definition) is 2. The van der Waals surface area contributed by atoms with E-state index in [1.54, 1.807) is 13.8 Å². The standard InChI is InChI=1S/C5H11NO3S/c1-4(2)5(7)6-3-10(8)9/h4H,3H2,1-2H3,(H,6,7)(H,8,9). The second kappa shape index (κ2) is 4.40. The van der Waals surface area contributed by atoms with E-state index < -0.39 is 11.1 Å². The van der Waals surface area contributed by atoms with Crippen LogP contribution in [0.4, 0.5) is 0 Å². The van der Waals surface area contributed by atoms with Gasteiger partial charge in [0.1, 0.15) is 5.88 Å². The van der Waals surface area contributed by atoms with Crippen molar-refractivity contribution in [2.75, 3.05) is 5.88 Å². The minimum atomic E-state index is -1.93. The van der Waals surface area contributed by atoms with E-state index in [1.165, 1.54) is 0 Å². The zero-order chi connectivity index (χ0) is 8.15. The third-order valence-electron chi connectivity index (χ3n) is 0.894. The molecule has 0 bridgehead atoms. The van der Waals surface area contributed by atoms with Crippen LogP contribution in [0.25, 0.3) is 0 Å². The minimum Gasteiger partial charge on any atom is -0.342 e. The van der Waals surface area contributed by atoms with Crippen molar-refractivity contribution in [3.8, 4) is 0 Å². The molecule has 0 aliphatic heterocycles. The Morgan fingerprint density at radius 3 is 2.50 bits per heavy atom. The van der Waals surface area contributed by atoms with Crippen molar-refractivity contribution < 1.29 is 13.6 Å². The summed E-state index contributed by atoms with van der Waals surface area (Å²) < 4.78 is 18.3. The van der Waals surface area contributed by atoms with Gasteiger partial charge in [-0.25, -0.2) is 4.21 Å². The number of carbonyl (C=O) groups excluding carboxylic acids is 1. The highest BCUT2D eigenvalue weighted by Gasteiger charge is 2.05. The molecule has 0 aromatic carbocycles. The van der Waals surface area contributed by atoms with Gasteiger partial charge in [-0.2, -0.15) is 0 Å². The van der Waals surface area contributed by atoms with Crippen LogP contribution in [0, 0.1) is 5.92 Å². The first-order valence-electron chi connectivity index (χ1n) is 2.89. The van der Waals surface area contributed by atoms with Gasteiger partial charge in [0, 0.05) is 5.92 Å². The first-order valence-corrected chi connectivity index (χ1v) is 4.16. The molecular weight excluding hydrogens is 154 g/mol. The van der Waals surface area contributed by atoms with Crippen molar-refractivity contribution in [2.45, 2.75) is 13.8 Å². The maximum atomic E-state index is 10.7. The van der Waals surface area contributed by atoms with E-state index in [2.05, 4.69) is 5.32 Å². The van der Waals surface area contributed by atoms with Gasteiger partial charge in [0.25, 0.3) is 0 Å². The van der Waals surface area contributed by atoms with Crippen LogP contribution >= 0.6 is 0 Å². The summed E-state index contributed by atoms with van der Waals surface area (Å²) >= 11 is -1.93. The van der Waals surface area contributed by atoms with Crippen LogP contribution in [0.3, 0.4) is 0 Å². The molecule has 0 spiro atoms. The molecule has 0 saturated heterocycles. The van der Waals surface area contributed by atoms with Gasteiger partial charge in [-0.05, 0) is 0 Å². The fraction of sp³-hybridized carbons (Fsp3) is 0.800. The third kappa shape index (κ3) is 4.46. The molecule has 2 N–H and O–H groups in total. The maximum absolute atomic E-state index is 10.7. The molecule has 4 nitrogen and oxygen atoms in total. The van der Waals surface area contributed by atoms with Crippen LogP contribution in [0.2, 0.25) is 0 Å². The summed E-state index contributed by atoms with van der Waals surface area (Å²) in [5.74, 6) is -0.525. The van der Waals surface area contributed by atoms with Crippen LogP contribution in [-0.2, 0) is 15.9 Å². The second-order valence-electron chi connectivity index (χ2n) is 2.16. The van der Waals surface area contributed by atoms with Gasteiger partial charge in [0.2, 0.25) is 5.91 Å². The predicted molar refractivity (Wildman–Crippen MR) is 38.6 cm³/mol. The zero-order valence-electron chi connectivity index (χ0n) is 5.96. The molecule has 0 fully saturated rings. The normalized spacial score (nSPS) is 13.2. The van der Waals surface area contributed by atoms with E-state index >= 15 is 0 Å². The molecule has 0 radical (unpaired) electrons. The molecule has 60 valence electrons. The van der Waals surface area contributed by atoms with E-state index in [9.17, 15) is 9.00 Å². The van der Waals surface area contributed by atoms with Crippen molar-refractivity contribution in [2.24, 2.45) is 5.92 Å². The van der Waals surface area contributed by atoms with E-state index in [1.807, 2.05) is 0 Å². The monoisotopic (exact) mass is 165 g/mol. The van der Waals surface area contributed by atoms with Crippen LogP contribution < -0.4 is 5.32 Å². The molecule has 5 heteroatoms. The van der Waals surface area contributed by atoms with Crippen molar-refractivity contribution in [1.29, 1.82) is 0 Å². The lowest BCUT2D eigenvalue weighted by Crippen LogP contribution is -2.30. The molecule has 0 aliphatic carbocycles. The summed E-state index contributed by atoms with van der Waals surface area (Å²) in [7, 11) is 0. The summed E-state index contributed by atoms with van der Waals surface area (Å²) in [5, 5.41) is 2.29. The molecule has 0 rings (SSSR count). The molecule has 10 heavy (non-hydrogen) atoms. The molecule has 1 unspecified atom stereocenters.